The van der Waals surface area contributed by atoms with Gasteiger partial charge in [-0.05, 0) is 11.6 Å². The van der Waals surface area contributed by atoms with E-state index < -0.39 is 5.56 Å². The van der Waals surface area contributed by atoms with Gasteiger partial charge in [0.05, 0.1) is 10.6 Å². The molecule has 0 atom stereocenters. The van der Waals surface area contributed by atoms with E-state index in [9.17, 15) is 15.3 Å². The van der Waals surface area contributed by atoms with E-state index in [-0.39, 0.29) is 21.7 Å². The number of nitrogens with zero attached hydrogens (tertiary/aromatic N) is 4. The quantitative estimate of drug-likeness (QED) is 0.702. The molecule has 0 saturated heterocycles. The van der Waals surface area contributed by atoms with Crippen LogP contribution in [0.1, 0.15) is 11.1 Å². The van der Waals surface area contributed by atoms with Crippen LogP contribution in [0.4, 0.5) is 0 Å². The summed E-state index contributed by atoms with van der Waals surface area (Å²) in [5.74, 6) is 0.561. The van der Waals surface area contributed by atoms with Crippen molar-refractivity contribution in [3.8, 4) is 34.7 Å². The molecule has 0 unspecified atom stereocenters. The maximum atomic E-state index is 12.0. The molecule has 0 aliphatic rings. The van der Waals surface area contributed by atoms with Crippen molar-refractivity contribution in [3.63, 3.8) is 0 Å². The lowest BCUT2D eigenvalue weighted by molar-refractivity contribution is 1.06. The number of aromatic amines is 1. The Bertz CT molecular complexity index is 1040. The average Bonchev–Trinajstić information content (AvgIpc) is 2.62. The van der Waals surface area contributed by atoms with Crippen molar-refractivity contribution in [1.82, 2.24) is 15.0 Å². The van der Waals surface area contributed by atoms with Crippen LogP contribution in [-0.2, 0) is 0 Å². The molecule has 3 aromatic rings. The first kappa shape index (κ1) is 15.5. The second-order valence-corrected chi connectivity index (χ2v) is 5.25. The summed E-state index contributed by atoms with van der Waals surface area (Å²) in [6.07, 6.45) is 3.28. The smallest absolute Gasteiger partial charge is 0.267 e. The maximum Gasteiger partial charge on any atom is 0.267 e. The summed E-state index contributed by atoms with van der Waals surface area (Å²) in [5.41, 5.74) is 1.09. The van der Waals surface area contributed by atoms with E-state index in [1.165, 1.54) is 0 Å². The van der Waals surface area contributed by atoms with Crippen molar-refractivity contribution in [2.75, 3.05) is 0 Å². The molecule has 2 heterocycles. The van der Waals surface area contributed by atoms with Gasteiger partial charge in [0.25, 0.3) is 5.56 Å². The molecular weight excluding hydrogens is 322 g/mol. The maximum absolute atomic E-state index is 12.0. The van der Waals surface area contributed by atoms with Gasteiger partial charge >= 0.3 is 0 Å². The third-order valence-corrected chi connectivity index (χ3v) is 3.75. The standard InChI is InChI=1S/C17H9N5OS/c18-8-12-14(13(9-19)17(24)22-16(12)23)10-2-4-11(5-3-10)15-20-6-1-7-21-15/h1-7H,(H2,22,23,24). The first-order chi connectivity index (χ1) is 11.7. The predicted molar refractivity (Wildman–Crippen MR) is 90.2 cm³/mol. The lowest BCUT2D eigenvalue weighted by Crippen LogP contribution is -2.14. The fourth-order valence-corrected chi connectivity index (χ4v) is 2.59. The number of benzene rings is 1. The number of hydrogen-bond donors (Lipinski definition) is 2. The highest BCUT2D eigenvalue weighted by Crippen LogP contribution is 2.29. The summed E-state index contributed by atoms with van der Waals surface area (Å²) in [7, 11) is 0. The van der Waals surface area contributed by atoms with Crippen LogP contribution < -0.4 is 5.56 Å². The number of hydrogen-bond acceptors (Lipinski definition) is 6. The zero-order chi connectivity index (χ0) is 17.1. The molecule has 24 heavy (non-hydrogen) atoms. The Morgan fingerprint density at radius 3 is 2.12 bits per heavy atom. The number of pyridine rings is 1. The summed E-state index contributed by atoms with van der Waals surface area (Å²) in [6.45, 7) is 0. The lowest BCUT2D eigenvalue weighted by atomic mass is 9.96. The second-order valence-electron chi connectivity index (χ2n) is 4.80. The number of nitriles is 2. The topological polar surface area (TPSA) is 106 Å². The number of aromatic nitrogens is 3. The molecule has 0 aliphatic carbocycles. The van der Waals surface area contributed by atoms with E-state index in [0.29, 0.717) is 11.4 Å². The number of thiol groups is 1. The predicted octanol–water partition coefficient (Wildman–Crippen LogP) is 2.53. The fourth-order valence-electron chi connectivity index (χ4n) is 2.33. The average molecular weight is 331 g/mol. The van der Waals surface area contributed by atoms with Crippen LogP contribution >= 0.6 is 12.6 Å². The van der Waals surface area contributed by atoms with Crippen LogP contribution in [0, 0.1) is 22.7 Å². The van der Waals surface area contributed by atoms with Gasteiger partial charge in [0.2, 0.25) is 0 Å². The van der Waals surface area contributed by atoms with Crippen LogP contribution in [0.5, 0.6) is 0 Å². The molecule has 0 amide bonds. The molecule has 0 radical (unpaired) electrons. The Morgan fingerprint density at radius 2 is 1.54 bits per heavy atom. The van der Waals surface area contributed by atoms with Gasteiger partial charge in [0, 0.05) is 23.5 Å². The van der Waals surface area contributed by atoms with Gasteiger partial charge in [-0.3, -0.25) is 4.79 Å². The molecule has 1 aromatic carbocycles. The molecule has 114 valence electrons. The van der Waals surface area contributed by atoms with E-state index >= 15 is 0 Å². The molecule has 0 fully saturated rings. The van der Waals surface area contributed by atoms with Gasteiger partial charge in [-0.25, -0.2) is 9.97 Å². The molecule has 2 aromatic heterocycles. The van der Waals surface area contributed by atoms with Crippen molar-refractivity contribution in [1.29, 1.82) is 10.5 Å². The minimum atomic E-state index is -0.577. The van der Waals surface area contributed by atoms with E-state index in [4.69, 9.17) is 0 Å². The van der Waals surface area contributed by atoms with E-state index in [0.717, 1.165) is 5.56 Å². The van der Waals surface area contributed by atoms with Crippen LogP contribution in [0.15, 0.2) is 52.5 Å². The molecule has 0 saturated carbocycles. The lowest BCUT2D eigenvalue weighted by Gasteiger charge is -2.09. The largest absolute Gasteiger partial charge is 0.315 e. The third kappa shape index (κ3) is 2.65. The van der Waals surface area contributed by atoms with Crippen molar-refractivity contribution in [3.05, 3.63) is 64.2 Å². The Morgan fingerprint density at radius 1 is 0.958 bits per heavy atom. The SMILES string of the molecule is N#Cc1c(S)[nH]c(=O)c(C#N)c1-c1ccc(-c2ncccn2)cc1. The van der Waals surface area contributed by atoms with Crippen LogP contribution in [0.2, 0.25) is 0 Å². The van der Waals surface area contributed by atoms with Crippen molar-refractivity contribution >= 4 is 12.6 Å². The van der Waals surface area contributed by atoms with Crippen molar-refractivity contribution in [2.45, 2.75) is 5.03 Å². The van der Waals surface area contributed by atoms with Crippen LogP contribution in [-0.4, -0.2) is 15.0 Å². The normalized spacial score (nSPS) is 9.96. The molecule has 7 heteroatoms. The summed E-state index contributed by atoms with van der Waals surface area (Å²) < 4.78 is 0. The third-order valence-electron chi connectivity index (χ3n) is 3.42. The second kappa shape index (κ2) is 6.37. The number of nitrogens with one attached hydrogen (secondary N) is 1. The van der Waals surface area contributed by atoms with Crippen molar-refractivity contribution < 1.29 is 0 Å². The molecule has 0 spiro atoms. The Kier molecular flexibility index (Phi) is 4.11. The summed E-state index contributed by atoms with van der Waals surface area (Å²) in [4.78, 5) is 22.7. The molecule has 0 aliphatic heterocycles. The monoisotopic (exact) mass is 331 g/mol. The first-order valence-corrected chi connectivity index (χ1v) is 7.27. The Balaban J connectivity index is 2.19. The first-order valence-electron chi connectivity index (χ1n) is 6.83. The summed E-state index contributed by atoms with van der Waals surface area (Å²) >= 11 is 4.12. The van der Waals surface area contributed by atoms with Gasteiger partial charge in [0.15, 0.2) is 5.82 Å². The molecule has 0 bridgehead atoms. The summed E-state index contributed by atoms with van der Waals surface area (Å²) in [6, 6.07) is 12.5. The van der Waals surface area contributed by atoms with E-state index in [1.807, 2.05) is 12.1 Å². The van der Waals surface area contributed by atoms with E-state index in [1.54, 1.807) is 42.7 Å². The van der Waals surface area contributed by atoms with Gasteiger partial charge < -0.3 is 4.98 Å². The number of H-pyrrole nitrogens is 1. The van der Waals surface area contributed by atoms with Crippen LogP contribution in [0.3, 0.4) is 0 Å². The Labute approximate surface area is 142 Å². The van der Waals surface area contributed by atoms with Gasteiger partial charge in [-0.15, -0.1) is 12.6 Å². The van der Waals surface area contributed by atoms with Crippen molar-refractivity contribution in [2.24, 2.45) is 0 Å². The van der Waals surface area contributed by atoms with E-state index in [2.05, 4.69) is 27.6 Å². The van der Waals surface area contributed by atoms with Gasteiger partial charge in [0.1, 0.15) is 17.7 Å². The van der Waals surface area contributed by atoms with Crippen LogP contribution in [0.25, 0.3) is 22.5 Å². The number of rotatable bonds is 2. The molecular formula is C17H9N5OS. The zero-order valence-electron chi connectivity index (χ0n) is 12.2. The minimum Gasteiger partial charge on any atom is -0.315 e. The van der Waals surface area contributed by atoms with Gasteiger partial charge in [-0.1, -0.05) is 24.3 Å². The highest BCUT2D eigenvalue weighted by atomic mass is 32.1. The Hall–Kier alpha value is -3.42. The van der Waals surface area contributed by atoms with Gasteiger partial charge in [-0.2, -0.15) is 10.5 Å². The molecule has 6 nitrogen and oxygen atoms in total. The summed E-state index contributed by atoms with van der Waals surface area (Å²) in [5, 5.41) is 18.8. The fraction of sp³-hybridized carbons (Fsp3) is 0. The highest BCUT2D eigenvalue weighted by Gasteiger charge is 2.18. The zero-order valence-corrected chi connectivity index (χ0v) is 13.1. The highest BCUT2D eigenvalue weighted by molar-refractivity contribution is 7.80. The molecule has 1 N–H and O–H groups in total. The molecule has 3 rings (SSSR count). The minimum absolute atomic E-state index is 0.118.